The van der Waals surface area contributed by atoms with E-state index in [1.54, 1.807) is 20.8 Å². The van der Waals surface area contributed by atoms with Gasteiger partial charge in [0.25, 0.3) is 11.9 Å². The van der Waals surface area contributed by atoms with Crippen molar-refractivity contribution in [3.8, 4) is 0 Å². The third-order valence-corrected chi connectivity index (χ3v) is 5.96. The van der Waals surface area contributed by atoms with Crippen LogP contribution in [0.3, 0.4) is 0 Å². The highest BCUT2D eigenvalue weighted by atomic mass is 16.7. The molecular weight excluding hydrogens is 501 g/mol. The molecule has 0 spiro atoms. The molecule has 0 saturated carbocycles. The van der Waals surface area contributed by atoms with Gasteiger partial charge in [0.15, 0.2) is 11.9 Å². The second-order valence-electron chi connectivity index (χ2n) is 11.1. The minimum atomic E-state index is -1.13. The number of benzene rings is 1. The average Bonchev–Trinajstić information content (AvgIpc) is 2.87. The summed E-state index contributed by atoms with van der Waals surface area (Å²) in [5, 5.41) is 2.79. The molecule has 2 heterocycles. The molecule has 11 heteroatoms. The van der Waals surface area contributed by atoms with Crippen LogP contribution in [0.4, 0.5) is 0 Å². The Labute approximate surface area is 229 Å². The summed E-state index contributed by atoms with van der Waals surface area (Å²) in [4.78, 5) is 59.6. The van der Waals surface area contributed by atoms with E-state index in [0.717, 1.165) is 5.56 Å². The Hall–Kier alpha value is -3.60. The minimum absolute atomic E-state index is 0.0462. The Kier molecular flexibility index (Phi) is 10.3. The van der Waals surface area contributed by atoms with Gasteiger partial charge in [-0.15, -0.1) is 0 Å². The molecular formula is C28H36BN3O7. The standard InChI is InChI=1S/C28H36BN3O7/c1-18(2)13-20(29-38-24(16-25(34)39-29)27(36)37-28(3,4)5)15-23(33)21(14-19-9-7-6-8-10-19)32-26(35)22-17-30-11-12-31-22/h6-12,17-18,20-21,24H,13-16H2,1-5H3,(H,32,35)/t20-,21+,24-/m1/s1. The Morgan fingerprint density at radius 1 is 1.15 bits per heavy atom. The molecule has 0 radical (unpaired) electrons. The summed E-state index contributed by atoms with van der Waals surface area (Å²) in [5.41, 5.74) is 0.198. The van der Waals surface area contributed by atoms with Gasteiger partial charge in [-0.1, -0.05) is 44.2 Å². The number of hydrogen-bond donors (Lipinski definition) is 1. The molecule has 0 aliphatic carbocycles. The molecule has 3 rings (SSSR count). The molecule has 2 aromatic rings. The first-order valence-corrected chi connectivity index (χ1v) is 13.1. The highest BCUT2D eigenvalue weighted by Crippen LogP contribution is 2.31. The van der Waals surface area contributed by atoms with Crippen LogP contribution in [0.1, 0.15) is 69.9 Å². The molecule has 0 bridgehead atoms. The van der Waals surface area contributed by atoms with E-state index in [9.17, 15) is 19.2 Å². The number of carbonyl (C=O) groups excluding carboxylic acids is 4. The van der Waals surface area contributed by atoms with Crippen molar-refractivity contribution in [1.82, 2.24) is 15.3 Å². The van der Waals surface area contributed by atoms with Gasteiger partial charge in [-0.2, -0.15) is 0 Å². The van der Waals surface area contributed by atoms with E-state index in [1.165, 1.54) is 18.6 Å². The number of aromatic nitrogens is 2. The van der Waals surface area contributed by atoms with Crippen molar-refractivity contribution >= 4 is 30.7 Å². The van der Waals surface area contributed by atoms with E-state index >= 15 is 0 Å². The molecule has 1 aliphatic rings. The number of nitrogens with one attached hydrogen (secondary N) is 1. The lowest BCUT2D eigenvalue weighted by Gasteiger charge is -2.32. The molecule has 1 aromatic heterocycles. The van der Waals surface area contributed by atoms with E-state index in [1.807, 2.05) is 44.2 Å². The van der Waals surface area contributed by atoms with E-state index in [0.29, 0.717) is 6.42 Å². The molecule has 0 unspecified atom stereocenters. The van der Waals surface area contributed by atoms with Gasteiger partial charge in [0.1, 0.15) is 11.3 Å². The predicted octanol–water partition coefficient (Wildman–Crippen LogP) is 3.36. The first-order valence-electron chi connectivity index (χ1n) is 13.1. The Morgan fingerprint density at radius 2 is 1.87 bits per heavy atom. The van der Waals surface area contributed by atoms with Crippen LogP contribution in [0.5, 0.6) is 0 Å². The maximum absolute atomic E-state index is 13.7. The third-order valence-electron chi connectivity index (χ3n) is 5.96. The van der Waals surface area contributed by atoms with Crippen molar-refractivity contribution < 1.29 is 33.2 Å². The zero-order chi connectivity index (χ0) is 28.6. The number of Topliss-reactive ketones (excluding diaryl/α,β-unsaturated/α-hetero) is 1. The van der Waals surface area contributed by atoms with Crippen molar-refractivity contribution in [2.45, 2.75) is 83.9 Å². The Balaban J connectivity index is 1.80. The monoisotopic (exact) mass is 537 g/mol. The quantitative estimate of drug-likeness (QED) is 0.338. The van der Waals surface area contributed by atoms with Crippen LogP contribution >= 0.6 is 0 Å². The SMILES string of the molecule is CC(C)C[C@H](CC(=O)[C@H](Cc1ccccc1)NC(=O)c1cnccn1)B1OC(=O)C[C@H](C(=O)OC(C)(C)C)O1. The lowest BCUT2D eigenvalue weighted by Crippen LogP contribution is -2.48. The molecule has 1 N–H and O–H groups in total. The van der Waals surface area contributed by atoms with Crippen LogP contribution in [0, 0.1) is 5.92 Å². The number of ketones is 1. The number of carbonyl (C=O) groups is 4. The summed E-state index contributed by atoms with van der Waals surface area (Å²) < 4.78 is 16.8. The molecule has 1 saturated heterocycles. The number of amides is 1. The van der Waals surface area contributed by atoms with Crippen molar-refractivity contribution in [3.05, 3.63) is 60.2 Å². The third kappa shape index (κ3) is 9.58. The topological polar surface area (TPSA) is 134 Å². The van der Waals surface area contributed by atoms with Crippen LogP contribution in [0.15, 0.2) is 48.9 Å². The van der Waals surface area contributed by atoms with E-state index in [2.05, 4.69) is 15.3 Å². The molecule has 1 aliphatic heterocycles. The zero-order valence-electron chi connectivity index (χ0n) is 23.1. The van der Waals surface area contributed by atoms with Crippen LogP contribution in [0.2, 0.25) is 5.82 Å². The normalized spacial score (nSPS) is 17.2. The van der Waals surface area contributed by atoms with Gasteiger partial charge in [-0.3, -0.25) is 19.4 Å². The number of rotatable bonds is 11. The number of hydrogen-bond acceptors (Lipinski definition) is 9. The van der Waals surface area contributed by atoms with Crippen LogP contribution in [-0.2, 0) is 34.9 Å². The van der Waals surface area contributed by atoms with Crippen LogP contribution in [0.25, 0.3) is 0 Å². The molecule has 10 nitrogen and oxygen atoms in total. The highest BCUT2D eigenvalue weighted by Gasteiger charge is 2.45. The van der Waals surface area contributed by atoms with Gasteiger partial charge < -0.3 is 19.4 Å². The number of ether oxygens (including phenoxy) is 1. The lowest BCUT2D eigenvalue weighted by atomic mass is 9.64. The van der Waals surface area contributed by atoms with Crippen molar-refractivity contribution in [2.75, 3.05) is 0 Å². The molecule has 39 heavy (non-hydrogen) atoms. The van der Waals surface area contributed by atoms with Gasteiger partial charge in [-0.05, 0) is 45.1 Å². The first kappa shape index (κ1) is 30.0. The smallest absolute Gasteiger partial charge is 0.509 e. The summed E-state index contributed by atoms with van der Waals surface area (Å²) in [6, 6.07) is 8.45. The fraction of sp³-hybridized carbons (Fsp3) is 0.500. The second kappa shape index (κ2) is 13.5. The summed E-state index contributed by atoms with van der Waals surface area (Å²) in [7, 11) is -1.11. The summed E-state index contributed by atoms with van der Waals surface area (Å²) in [6.45, 7) is 9.14. The summed E-state index contributed by atoms with van der Waals surface area (Å²) in [6.07, 6.45) is 3.48. The van der Waals surface area contributed by atoms with E-state index in [4.69, 9.17) is 14.0 Å². The number of esters is 1. The summed E-state index contributed by atoms with van der Waals surface area (Å²) in [5.74, 6) is -2.45. The maximum Gasteiger partial charge on any atom is 0.531 e. The van der Waals surface area contributed by atoms with Gasteiger partial charge in [0.2, 0.25) is 0 Å². The van der Waals surface area contributed by atoms with Crippen molar-refractivity contribution in [2.24, 2.45) is 5.92 Å². The lowest BCUT2D eigenvalue weighted by molar-refractivity contribution is -0.171. The molecule has 208 valence electrons. The van der Waals surface area contributed by atoms with E-state index in [-0.39, 0.29) is 36.7 Å². The van der Waals surface area contributed by atoms with Gasteiger partial charge in [-0.25, -0.2) is 9.78 Å². The van der Waals surface area contributed by atoms with E-state index < -0.39 is 48.5 Å². The van der Waals surface area contributed by atoms with Gasteiger partial charge >= 0.3 is 13.1 Å². The van der Waals surface area contributed by atoms with Crippen LogP contribution in [-0.4, -0.2) is 58.5 Å². The van der Waals surface area contributed by atoms with Gasteiger partial charge in [0, 0.05) is 24.6 Å². The molecule has 1 aromatic carbocycles. The first-order chi connectivity index (χ1) is 18.4. The highest BCUT2D eigenvalue weighted by molar-refractivity contribution is 6.50. The molecule has 1 fully saturated rings. The molecule has 1 amide bonds. The zero-order valence-corrected chi connectivity index (χ0v) is 23.1. The minimum Gasteiger partial charge on any atom is -0.509 e. The van der Waals surface area contributed by atoms with Crippen molar-refractivity contribution in [1.29, 1.82) is 0 Å². The molecule has 3 atom stereocenters. The average molecular weight is 537 g/mol. The van der Waals surface area contributed by atoms with Gasteiger partial charge in [0.05, 0.1) is 18.7 Å². The summed E-state index contributed by atoms with van der Waals surface area (Å²) >= 11 is 0. The largest absolute Gasteiger partial charge is 0.531 e. The maximum atomic E-state index is 13.7. The van der Waals surface area contributed by atoms with Crippen LogP contribution < -0.4 is 5.32 Å². The second-order valence-corrected chi connectivity index (χ2v) is 11.1. The Bertz CT molecular complexity index is 1140. The number of nitrogens with zero attached hydrogens (tertiary/aromatic N) is 2. The fourth-order valence-electron chi connectivity index (χ4n) is 4.32. The van der Waals surface area contributed by atoms with Crippen molar-refractivity contribution in [3.63, 3.8) is 0 Å². The fourth-order valence-corrected chi connectivity index (χ4v) is 4.32. The predicted molar refractivity (Wildman–Crippen MR) is 143 cm³/mol. The Morgan fingerprint density at radius 3 is 2.49 bits per heavy atom.